The second kappa shape index (κ2) is 5.19. The topological polar surface area (TPSA) is 38.0 Å². The molecule has 1 saturated carbocycles. The number of aryl methyl sites for hydroxylation is 1. The van der Waals surface area contributed by atoms with Crippen molar-refractivity contribution >= 4 is 21.6 Å². The van der Waals surface area contributed by atoms with Crippen LogP contribution in [0.1, 0.15) is 24.8 Å². The Hall–Kier alpha value is -0.540. The molecule has 2 rings (SSSR count). The molecule has 2 nitrogen and oxygen atoms in total. The number of nitrogens with two attached hydrogens (primary N) is 1. The summed E-state index contributed by atoms with van der Waals surface area (Å²) in [6.45, 7) is 2.91. The van der Waals surface area contributed by atoms with E-state index in [1.807, 2.05) is 0 Å². The fourth-order valence-corrected chi connectivity index (χ4v) is 2.70. The minimum Gasteiger partial charge on any atom is -0.382 e. The molecule has 3 heteroatoms. The van der Waals surface area contributed by atoms with Gasteiger partial charge in [0.05, 0.1) is 0 Å². The van der Waals surface area contributed by atoms with E-state index in [-0.39, 0.29) is 0 Å². The van der Waals surface area contributed by atoms with Crippen molar-refractivity contribution in [1.82, 2.24) is 0 Å². The molecular weight excluding hydrogens is 264 g/mol. The zero-order valence-corrected chi connectivity index (χ0v) is 11.3. The van der Waals surface area contributed by atoms with Gasteiger partial charge in [-0.2, -0.15) is 0 Å². The number of hydrogen-bond acceptors (Lipinski definition) is 2. The molecule has 1 aliphatic carbocycles. The Labute approximate surface area is 106 Å². The summed E-state index contributed by atoms with van der Waals surface area (Å²) >= 11 is 3.52. The lowest BCUT2D eigenvalue weighted by Gasteiger charge is -2.21. The number of hydrogen-bond donors (Lipinski definition) is 2. The number of anilines is 1. The Morgan fingerprint density at radius 2 is 2.25 bits per heavy atom. The van der Waals surface area contributed by atoms with E-state index in [1.165, 1.54) is 35.0 Å². The Morgan fingerprint density at radius 1 is 1.44 bits per heavy atom. The highest BCUT2D eigenvalue weighted by molar-refractivity contribution is 9.10. The highest BCUT2D eigenvalue weighted by Gasteiger charge is 2.25. The predicted molar refractivity (Wildman–Crippen MR) is 72.7 cm³/mol. The van der Waals surface area contributed by atoms with Crippen molar-refractivity contribution in [2.45, 2.75) is 32.2 Å². The first-order valence-corrected chi connectivity index (χ1v) is 6.73. The van der Waals surface area contributed by atoms with Gasteiger partial charge in [0.15, 0.2) is 0 Å². The van der Waals surface area contributed by atoms with Crippen molar-refractivity contribution in [2.24, 2.45) is 11.7 Å². The molecule has 1 aliphatic rings. The second-order valence-corrected chi connectivity index (χ2v) is 5.50. The largest absolute Gasteiger partial charge is 0.382 e. The van der Waals surface area contributed by atoms with Gasteiger partial charge in [-0.05, 0) is 56.0 Å². The lowest BCUT2D eigenvalue weighted by molar-refractivity contribution is 0.516. The minimum atomic E-state index is 0.561. The van der Waals surface area contributed by atoms with Gasteiger partial charge in [0.1, 0.15) is 0 Å². The van der Waals surface area contributed by atoms with Crippen molar-refractivity contribution in [1.29, 1.82) is 0 Å². The van der Waals surface area contributed by atoms with E-state index in [0.29, 0.717) is 12.0 Å². The molecule has 0 aliphatic heterocycles. The zero-order valence-electron chi connectivity index (χ0n) is 9.67. The van der Waals surface area contributed by atoms with Crippen LogP contribution in [-0.2, 0) is 0 Å². The summed E-state index contributed by atoms with van der Waals surface area (Å²) in [6.07, 6.45) is 3.82. The van der Waals surface area contributed by atoms with Crippen molar-refractivity contribution < 1.29 is 0 Å². The number of rotatable bonds is 3. The van der Waals surface area contributed by atoms with Gasteiger partial charge in [-0.1, -0.05) is 22.4 Å². The molecule has 2 unspecified atom stereocenters. The molecular formula is C13H19BrN2. The Balaban J connectivity index is 2.05. The SMILES string of the molecule is Cc1cc(NC2CCCC2CN)ccc1Br. The van der Waals surface area contributed by atoms with E-state index in [4.69, 9.17) is 5.73 Å². The third-order valence-corrected chi connectivity index (χ3v) is 4.36. The molecule has 2 atom stereocenters. The summed E-state index contributed by atoms with van der Waals surface area (Å²) < 4.78 is 1.17. The van der Waals surface area contributed by atoms with Gasteiger partial charge in [-0.15, -0.1) is 0 Å². The predicted octanol–water partition coefficient (Wildman–Crippen LogP) is 3.30. The van der Waals surface area contributed by atoms with Crippen molar-refractivity contribution in [3.8, 4) is 0 Å². The average molecular weight is 283 g/mol. The fraction of sp³-hybridized carbons (Fsp3) is 0.538. The summed E-state index contributed by atoms with van der Waals surface area (Å²) in [5.74, 6) is 0.643. The van der Waals surface area contributed by atoms with Gasteiger partial charge in [0.25, 0.3) is 0 Å². The molecule has 1 fully saturated rings. The molecule has 0 aromatic heterocycles. The van der Waals surface area contributed by atoms with E-state index in [9.17, 15) is 0 Å². The van der Waals surface area contributed by atoms with Crippen LogP contribution in [0.2, 0.25) is 0 Å². The van der Waals surface area contributed by atoms with Crippen LogP contribution in [-0.4, -0.2) is 12.6 Å². The van der Waals surface area contributed by atoms with Crippen LogP contribution in [0.3, 0.4) is 0 Å². The molecule has 1 aromatic carbocycles. The molecule has 0 spiro atoms. The molecule has 0 radical (unpaired) electrons. The fourth-order valence-electron chi connectivity index (χ4n) is 2.46. The van der Waals surface area contributed by atoms with E-state index < -0.39 is 0 Å². The monoisotopic (exact) mass is 282 g/mol. The smallest absolute Gasteiger partial charge is 0.0345 e. The van der Waals surface area contributed by atoms with Gasteiger partial charge in [-0.25, -0.2) is 0 Å². The first kappa shape index (κ1) is 11.9. The molecule has 0 saturated heterocycles. The quantitative estimate of drug-likeness (QED) is 0.893. The van der Waals surface area contributed by atoms with Crippen LogP contribution in [0.15, 0.2) is 22.7 Å². The highest BCUT2D eigenvalue weighted by Crippen LogP contribution is 2.29. The van der Waals surface area contributed by atoms with Crippen LogP contribution in [0, 0.1) is 12.8 Å². The first-order valence-electron chi connectivity index (χ1n) is 5.93. The number of halogens is 1. The lowest BCUT2D eigenvalue weighted by Crippen LogP contribution is -2.29. The maximum absolute atomic E-state index is 5.78. The van der Waals surface area contributed by atoms with Crippen molar-refractivity contribution in [3.05, 3.63) is 28.2 Å². The van der Waals surface area contributed by atoms with Gasteiger partial charge in [0.2, 0.25) is 0 Å². The van der Waals surface area contributed by atoms with E-state index >= 15 is 0 Å². The van der Waals surface area contributed by atoms with Gasteiger partial charge < -0.3 is 11.1 Å². The molecule has 3 N–H and O–H groups in total. The zero-order chi connectivity index (χ0) is 11.5. The normalized spacial score (nSPS) is 24.7. The van der Waals surface area contributed by atoms with Crippen molar-refractivity contribution in [2.75, 3.05) is 11.9 Å². The molecule has 0 bridgehead atoms. The van der Waals surface area contributed by atoms with E-state index in [1.54, 1.807) is 0 Å². The van der Waals surface area contributed by atoms with Gasteiger partial charge >= 0.3 is 0 Å². The Bertz CT molecular complexity index is 365. The van der Waals surface area contributed by atoms with Crippen LogP contribution in [0.25, 0.3) is 0 Å². The van der Waals surface area contributed by atoms with Crippen LogP contribution in [0.4, 0.5) is 5.69 Å². The van der Waals surface area contributed by atoms with Crippen LogP contribution in [0.5, 0.6) is 0 Å². The summed E-state index contributed by atoms with van der Waals surface area (Å²) in [7, 11) is 0. The van der Waals surface area contributed by atoms with Crippen molar-refractivity contribution in [3.63, 3.8) is 0 Å². The van der Waals surface area contributed by atoms with Crippen LogP contribution >= 0.6 is 15.9 Å². The Morgan fingerprint density at radius 3 is 2.94 bits per heavy atom. The molecule has 88 valence electrons. The summed E-state index contributed by atoms with van der Waals surface area (Å²) in [4.78, 5) is 0. The summed E-state index contributed by atoms with van der Waals surface area (Å²) in [6, 6.07) is 6.98. The maximum Gasteiger partial charge on any atom is 0.0345 e. The minimum absolute atomic E-state index is 0.561. The standard InChI is InChI=1S/C13H19BrN2/c1-9-7-11(5-6-12(9)14)16-13-4-2-3-10(13)8-15/h5-7,10,13,16H,2-4,8,15H2,1H3. The highest BCUT2D eigenvalue weighted by atomic mass is 79.9. The summed E-state index contributed by atoms with van der Waals surface area (Å²) in [5.41, 5.74) is 8.27. The van der Waals surface area contributed by atoms with E-state index in [2.05, 4.69) is 46.4 Å². The second-order valence-electron chi connectivity index (χ2n) is 4.64. The van der Waals surface area contributed by atoms with Gasteiger partial charge in [0, 0.05) is 16.2 Å². The molecule has 1 aromatic rings. The van der Waals surface area contributed by atoms with E-state index in [0.717, 1.165) is 6.54 Å². The third kappa shape index (κ3) is 2.58. The average Bonchev–Trinajstić information content (AvgIpc) is 2.71. The lowest BCUT2D eigenvalue weighted by atomic mass is 10.0. The molecule has 0 heterocycles. The Kier molecular flexibility index (Phi) is 3.87. The number of benzene rings is 1. The summed E-state index contributed by atoms with van der Waals surface area (Å²) in [5, 5.41) is 3.61. The van der Waals surface area contributed by atoms with Crippen LogP contribution < -0.4 is 11.1 Å². The van der Waals surface area contributed by atoms with Gasteiger partial charge in [-0.3, -0.25) is 0 Å². The first-order chi connectivity index (χ1) is 7.70. The maximum atomic E-state index is 5.78. The molecule has 16 heavy (non-hydrogen) atoms. The molecule has 0 amide bonds. The third-order valence-electron chi connectivity index (χ3n) is 3.47. The number of nitrogens with one attached hydrogen (secondary N) is 1.